The van der Waals surface area contributed by atoms with Gasteiger partial charge in [-0.1, -0.05) is 0 Å². The second kappa shape index (κ2) is 5.36. The summed E-state index contributed by atoms with van der Waals surface area (Å²) in [6.45, 7) is 7.10. The minimum Gasteiger partial charge on any atom is -0.353 e. The van der Waals surface area contributed by atoms with Crippen molar-refractivity contribution in [3.63, 3.8) is 0 Å². The molecule has 1 saturated heterocycles. The van der Waals surface area contributed by atoms with Crippen LogP contribution in [-0.4, -0.2) is 47.0 Å². The third-order valence-corrected chi connectivity index (χ3v) is 4.84. The van der Waals surface area contributed by atoms with E-state index in [1.54, 1.807) is 24.6 Å². The molecule has 5 nitrogen and oxygen atoms in total. The highest BCUT2D eigenvalue weighted by Gasteiger charge is 2.20. The standard InChI is InChI=1S/C14H18N4OS/c1-10-8-20-13-12(10)15-9-16-14(13)18-5-3-4-17(6-7-18)11(2)19/h8-9H,3-7H2,1-2H3. The fraction of sp³-hybridized carbons (Fsp3) is 0.500. The van der Waals surface area contributed by atoms with E-state index in [-0.39, 0.29) is 5.91 Å². The molecular weight excluding hydrogens is 272 g/mol. The quantitative estimate of drug-likeness (QED) is 0.806. The number of rotatable bonds is 1. The number of thiophene rings is 1. The van der Waals surface area contributed by atoms with Gasteiger partial charge in [-0.2, -0.15) is 0 Å². The molecule has 0 atom stereocenters. The van der Waals surface area contributed by atoms with Crippen molar-refractivity contribution in [2.45, 2.75) is 20.3 Å². The average molecular weight is 290 g/mol. The number of carbonyl (C=O) groups excluding carboxylic acids is 1. The van der Waals surface area contributed by atoms with Gasteiger partial charge in [0.05, 0.1) is 10.2 Å². The molecule has 20 heavy (non-hydrogen) atoms. The van der Waals surface area contributed by atoms with Gasteiger partial charge in [0, 0.05) is 33.1 Å². The molecule has 2 aromatic heterocycles. The molecule has 0 unspecified atom stereocenters. The van der Waals surface area contributed by atoms with Crippen LogP contribution in [0.2, 0.25) is 0 Å². The van der Waals surface area contributed by atoms with Crippen LogP contribution in [0.4, 0.5) is 5.82 Å². The molecule has 1 fully saturated rings. The Morgan fingerprint density at radius 1 is 1.25 bits per heavy atom. The largest absolute Gasteiger partial charge is 0.353 e. The van der Waals surface area contributed by atoms with Gasteiger partial charge in [-0.25, -0.2) is 9.97 Å². The van der Waals surface area contributed by atoms with Crippen LogP contribution in [0.15, 0.2) is 11.7 Å². The maximum absolute atomic E-state index is 11.5. The molecule has 0 bridgehead atoms. The topological polar surface area (TPSA) is 49.3 Å². The van der Waals surface area contributed by atoms with E-state index in [1.165, 1.54) is 5.56 Å². The lowest BCUT2D eigenvalue weighted by Crippen LogP contribution is -2.33. The van der Waals surface area contributed by atoms with Gasteiger partial charge in [0.2, 0.25) is 5.91 Å². The summed E-state index contributed by atoms with van der Waals surface area (Å²) < 4.78 is 1.15. The molecule has 3 heterocycles. The Labute approximate surface area is 122 Å². The fourth-order valence-electron chi connectivity index (χ4n) is 2.63. The highest BCUT2D eigenvalue weighted by atomic mass is 32.1. The van der Waals surface area contributed by atoms with E-state index in [9.17, 15) is 4.79 Å². The SMILES string of the molecule is CC(=O)N1CCCN(c2ncnc3c(C)csc23)CC1. The second-order valence-electron chi connectivity index (χ2n) is 5.14. The molecule has 2 aromatic rings. The van der Waals surface area contributed by atoms with Gasteiger partial charge in [-0.3, -0.25) is 4.79 Å². The van der Waals surface area contributed by atoms with E-state index in [1.807, 2.05) is 4.90 Å². The first-order chi connectivity index (χ1) is 9.66. The van der Waals surface area contributed by atoms with Crippen LogP contribution < -0.4 is 4.90 Å². The molecule has 0 aromatic carbocycles. The minimum absolute atomic E-state index is 0.159. The van der Waals surface area contributed by atoms with Crippen LogP contribution >= 0.6 is 11.3 Å². The zero-order valence-electron chi connectivity index (χ0n) is 11.8. The maximum Gasteiger partial charge on any atom is 0.219 e. The molecular formula is C14H18N4OS. The molecule has 1 aliphatic heterocycles. The number of nitrogens with zero attached hydrogens (tertiary/aromatic N) is 4. The van der Waals surface area contributed by atoms with Gasteiger partial charge < -0.3 is 9.80 Å². The Hall–Kier alpha value is -1.69. The summed E-state index contributed by atoms with van der Waals surface area (Å²) in [5.74, 6) is 1.17. The zero-order valence-corrected chi connectivity index (χ0v) is 12.6. The number of amides is 1. The van der Waals surface area contributed by atoms with Crippen LogP contribution in [0.25, 0.3) is 10.2 Å². The predicted molar refractivity (Wildman–Crippen MR) is 81.2 cm³/mol. The van der Waals surface area contributed by atoms with Crippen molar-refractivity contribution in [1.82, 2.24) is 14.9 Å². The molecule has 0 N–H and O–H groups in total. The van der Waals surface area contributed by atoms with Gasteiger partial charge >= 0.3 is 0 Å². The van der Waals surface area contributed by atoms with Crippen molar-refractivity contribution in [3.8, 4) is 0 Å². The van der Waals surface area contributed by atoms with Gasteiger partial charge in [0.1, 0.15) is 12.1 Å². The average Bonchev–Trinajstić information content (AvgIpc) is 2.68. The van der Waals surface area contributed by atoms with Gasteiger partial charge in [0.15, 0.2) is 0 Å². The van der Waals surface area contributed by atoms with Crippen LogP contribution in [0.1, 0.15) is 18.9 Å². The Morgan fingerprint density at radius 2 is 2.10 bits per heavy atom. The van der Waals surface area contributed by atoms with Crippen LogP contribution in [-0.2, 0) is 4.79 Å². The summed E-state index contributed by atoms with van der Waals surface area (Å²) in [5.41, 5.74) is 2.25. The Balaban J connectivity index is 1.89. The molecule has 106 valence electrons. The highest BCUT2D eigenvalue weighted by molar-refractivity contribution is 7.18. The normalized spacial score (nSPS) is 16.5. The third kappa shape index (κ3) is 2.35. The van der Waals surface area contributed by atoms with Crippen LogP contribution in [0, 0.1) is 6.92 Å². The van der Waals surface area contributed by atoms with Crippen molar-refractivity contribution in [2.75, 3.05) is 31.1 Å². The van der Waals surface area contributed by atoms with E-state index in [4.69, 9.17) is 0 Å². The van der Waals surface area contributed by atoms with Crippen molar-refractivity contribution in [1.29, 1.82) is 0 Å². The van der Waals surface area contributed by atoms with E-state index >= 15 is 0 Å². The molecule has 0 aliphatic carbocycles. The third-order valence-electron chi connectivity index (χ3n) is 3.75. The van der Waals surface area contributed by atoms with Crippen LogP contribution in [0.3, 0.4) is 0 Å². The molecule has 0 saturated carbocycles. The first-order valence-electron chi connectivity index (χ1n) is 6.86. The molecule has 1 amide bonds. The molecule has 1 aliphatic rings. The Bertz CT molecular complexity index is 639. The summed E-state index contributed by atoms with van der Waals surface area (Å²) in [4.78, 5) is 24.5. The summed E-state index contributed by atoms with van der Waals surface area (Å²) in [6.07, 6.45) is 2.63. The van der Waals surface area contributed by atoms with Gasteiger partial charge in [0.25, 0.3) is 0 Å². The lowest BCUT2D eigenvalue weighted by molar-refractivity contribution is -0.128. The van der Waals surface area contributed by atoms with Crippen molar-refractivity contribution >= 4 is 33.3 Å². The Kier molecular flexibility index (Phi) is 3.56. The number of anilines is 1. The van der Waals surface area contributed by atoms with Crippen molar-refractivity contribution in [3.05, 3.63) is 17.3 Å². The lowest BCUT2D eigenvalue weighted by atomic mass is 10.3. The van der Waals surface area contributed by atoms with E-state index in [0.717, 1.165) is 48.6 Å². The van der Waals surface area contributed by atoms with E-state index in [0.29, 0.717) is 0 Å². The van der Waals surface area contributed by atoms with Crippen molar-refractivity contribution < 1.29 is 4.79 Å². The molecule has 6 heteroatoms. The monoisotopic (exact) mass is 290 g/mol. The first-order valence-corrected chi connectivity index (χ1v) is 7.74. The first kappa shape index (κ1) is 13.3. The molecule has 0 spiro atoms. The zero-order chi connectivity index (χ0) is 14.1. The van der Waals surface area contributed by atoms with E-state index in [2.05, 4.69) is 27.2 Å². The summed E-state index contributed by atoms with van der Waals surface area (Å²) in [5, 5.41) is 2.13. The van der Waals surface area contributed by atoms with Crippen LogP contribution in [0.5, 0.6) is 0 Å². The predicted octanol–water partition coefficient (Wildman–Crippen LogP) is 2.06. The number of carbonyl (C=O) groups is 1. The van der Waals surface area contributed by atoms with E-state index < -0.39 is 0 Å². The Morgan fingerprint density at radius 3 is 2.90 bits per heavy atom. The number of aryl methyl sites for hydroxylation is 1. The number of aromatic nitrogens is 2. The van der Waals surface area contributed by atoms with Crippen molar-refractivity contribution in [2.24, 2.45) is 0 Å². The summed E-state index contributed by atoms with van der Waals surface area (Å²) >= 11 is 1.70. The van der Waals surface area contributed by atoms with Gasteiger partial charge in [-0.15, -0.1) is 11.3 Å². The minimum atomic E-state index is 0.159. The summed E-state index contributed by atoms with van der Waals surface area (Å²) in [6, 6.07) is 0. The second-order valence-corrected chi connectivity index (χ2v) is 6.02. The number of fused-ring (bicyclic) bond motifs is 1. The smallest absolute Gasteiger partial charge is 0.219 e. The lowest BCUT2D eigenvalue weighted by Gasteiger charge is -2.22. The highest BCUT2D eigenvalue weighted by Crippen LogP contribution is 2.31. The number of hydrogen-bond donors (Lipinski definition) is 0. The van der Waals surface area contributed by atoms with Gasteiger partial charge in [-0.05, 0) is 24.3 Å². The summed E-state index contributed by atoms with van der Waals surface area (Å²) in [7, 11) is 0. The molecule has 0 radical (unpaired) electrons. The molecule has 3 rings (SSSR count). The fourth-order valence-corrected chi connectivity index (χ4v) is 3.65. The number of hydrogen-bond acceptors (Lipinski definition) is 5. The maximum atomic E-state index is 11.5.